The predicted molar refractivity (Wildman–Crippen MR) is 69.1 cm³/mol. The second-order valence-electron chi connectivity index (χ2n) is 4.33. The van der Waals surface area contributed by atoms with Crippen molar-refractivity contribution in [3.8, 4) is 5.75 Å². The highest BCUT2D eigenvalue weighted by Gasteiger charge is 2.00. The molecule has 0 spiro atoms. The summed E-state index contributed by atoms with van der Waals surface area (Å²) in [7, 11) is 0. The molecule has 0 atom stereocenters. The number of carbonyl (C=O) groups is 1. The summed E-state index contributed by atoms with van der Waals surface area (Å²) >= 11 is 0. The molecule has 0 fully saturated rings. The maximum atomic E-state index is 10.7. The van der Waals surface area contributed by atoms with E-state index in [0.29, 0.717) is 5.56 Å². The van der Waals surface area contributed by atoms with Crippen LogP contribution in [0.1, 0.15) is 41.6 Å². The molecule has 1 aromatic rings. The Labute approximate surface area is 101 Å². The summed E-state index contributed by atoms with van der Waals surface area (Å²) in [5.74, 6) is 0.131. The van der Waals surface area contributed by atoms with Crippen molar-refractivity contribution < 1.29 is 9.90 Å². The lowest BCUT2D eigenvalue weighted by Gasteiger charge is -2.08. The molecule has 0 heterocycles. The smallest absolute Gasteiger partial charge is 0.150 e. The Morgan fingerprint density at radius 3 is 2.59 bits per heavy atom. The summed E-state index contributed by atoms with van der Waals surface area (Å²) in [5.41, 5.74) is 2.70. The third-order valence-corrected chi connectivity index (χ3v) is 2.91. The van der Waals surface area contributed by atoms with E-state index < -0.39 is 0 Å². The first-order valence-corrected chi connectivity index (χ1v) is 5.94. The summed E-state index contributed by atoms with van der Waals surface area (Å²) in [6, 6.07) is 4.89. The number of hydrogen-bond acceptors (Lipinski definition) is 2. The largest absolute Gasteiger partial charge is 0.508 e. The van der Waals surface area contributed by atoms with Gasteiger partial charge in [-0.05, 0) is 49.4 Å². The van der Waals surface area contributed by atoms with Crippen LogP contribution in [-0.2, 0) is 0 Å². The van der Waals surface area contributed by atoms with Crippen LogP contribution in [0.3, 0.4) is 0 Å². The van der Waals surface area contributed by atoms with Crippen LogP contribution in [-0.4, -0.2) is 11.4 Å². The fourth-order valence-electron chi connectivity index (χ4n) is 2.04. The standard InChI is InChI=1S/C15H16O2/c16-11-14-8-13(9-15(17)10-14)7-6-12-4-2-1-3-5-12/h4,6-11,17H,1-3,5H2. The molecule has 17 heavy (non-hydrogen) atoms. The molecule has 1 aromatic carbocycles. The number of benzene rings is 1. The monoisotopic (exact) mass is 228 g/mol. The second-order valence-corrected chi connectivity index (χ2v) is 4.33. The van der Waals surface area contributed by atoms with Gasteiger partial charge in [0.15, 0.2) is 0 Å². The third kappa shape index (κ3) is 3.31. The average molecular weight is 228 g/mol. The number of phenols is 1. The first-order chi connectivity index (χ1) is 8.28. The van der Waals surface area contributed by atoms with Gasteiger partial charge in [0.25, 0.3) is 0 Å². The van der Waals surface area contributed by atoms with Crippen LogP contribution < -0.4 is 0 Å². The lowest BCUT2D eigenvalue weighted by molar-refractivity contribution is 0.112. The molecule has 0 saturated carbocycles. The lowest BCUT2D eigenvalue weighted by atomic mass is 9.98. The first-order valence-electron chi connectivity index (χ1n) is 5.94. The molecule has 0 aromatic heterocycles. The molecule has 2 rings (SSSR count). The summed E-state index contributed by atoms with van der Waals surface area (Å²) in [4.78, 5) is 10.7. The average Bonchev–Trinajstić information content (AvgIpc) is 2.37. The summed E-state index contributed by atoms with van der Waals surface area (Å²) in [5, 5.41) is 9.45. The number of aromatic hydroxyl groups is 1. The fourth-order valence-corrected chi connectivity index (χ4v) is 2.04. The van der Waals surface area contributed by atoms with Gasteiger partial charge < -0.3 is 5.11 Å². The molecule has 0 aliphatic heterocycles. The van der Waals surface area contributed by atoms with Gasteiger partial charge >= 0.3 is 0 Å². The highest BCUT2D eigenvalue weighted by molar-refractivity contribution is 5.77. The molecule has 0 bridgehead atoms. The Kier molecular flexibility index (Phi) is 3.76. The Morgan fingerprint density at radius 2 is 1.88 bits per heavy atom. The van der Waals surface area contributed by atoms with Gasteiger partial charge in [-0.25, -0.2) is 0 Å². The maximum absolute atomic E-state index is 10.7. The van der Waals surface area contributed by atoms with Gasteiger partial charge in [0.1, 0.15) is 12.0 Å². The van der Waals surface area contributed by atoms with Crippen LogP contribution in [0.4, 0.5) is 0 Å². The van der Waals surface area contributed by atoms with Gasteiger partial charge in [-0.2, -0.15) is 0 Å². The van der Waals surface area contributed by atoms with Crippen molar-refractivity contribution >= 4 is 12.4 Å². The number of hydrogen-bond donors (Lipinski definition) is 1. The minimum absolute atomic E-state index is 0.131. The number of rotatable bonds is 3. The molecule has 88 valence electrons. The second kappa shape index (κ2) is 5.48. The van der Waals surface area contributed by atoms with Gasteiger partial charge in [0, 0.05) is 5.56 Å². The van der Waals surface area contributed by atoms with Crippen LogP contribution in [0.5, 0.6) is 5.75 Å². The van der Waals surface area contributed by atoms with Gasteiger partial charge in [0.05, 0.1) is 0 Å². The molecule has 0 radical (unpaired) electrons. The third-order valence-electron chi connectivity index (χ3n) is 2.91. The zero-order valence-electron chi connectivity index (χ0n) is 9.73. The van der Waals surface area contributed by atoms with E-state index in [1.807, 2.05) is 6.08 Å². The number of aldehydes is 1. The molecule has 0 unspecified atom stereocenters. The number of carbonyl (C=O) groups excluding carboxylic acids is 1. The minimum Gasteiger partial charge on any atom is -0.508 e. The number of phenolic OH excluding ortho intramolecular Hbond substituents is 1. The summed E-state index contributed by atoms with van der Waals surface area (Å²) in [6.07, 6.45) is 11.8. The van der Waals surface area contributed by atoms with Crippen LogP contribution in [0.25, 0.3) is 6.08 Å². The molecular weight excluding hydrogens is 212 g/mol. The summed E-state index contributed by atoms with van der Waals surface area (Å²) < 4.78 is 0. The van der Waals surface area contributed by atoms with E-state index in [-0.39, 0.29) is 5.75 Å². The van der Waals surface area contributed by atoms with Crippen molar-refractivity contribution in [1.29, 1.82) is 0 Å². The Morgan fingerprint density at radius 1 is 1.06 bits per heavy atom. The van der Waals surface area contributed by atoms with E-state index in [4.69, 9.17) is 0 Å². The normalized spacial score (nSPS) is 15.9. The van der Waals surface area contributed by atoms with Crippen molar-refractivity contribution in [2.45, 2.75) is 25.7 Å². The lowest BCUT2D eigenvalue weighted by Crippen LogP contribution is -1.88. The molecule has 0 saturated heterocycles. The van der Waals surface area contributed by atoms with Crippen LogP contribution in [0.15, 0.2) is 35.9 Å². The topological polar surface area (TPSA) is 37.3 Å². The zero-order valence-corrected chi connectivity index (χ0v) is 9.73. The quantitative estimate of drug-likeness (QED) is 0.800. The van der Waals surface area contributed by atoms with Crippen LogP contribution in [0.2, 0.25) is 0 Å². The van der Waals surface area contributed by atoms with Crippen molar-refractivity contribution in [1.82, 2.24) is 0 Å². The van der Waals surface area contributed by atoms with Gasteiger partial charge in [-0.3, -0.25) is 4.79 Å². The van der Waals surface area contributed by atoms with Gasteiger partial charge in [-0.1, -0.05) is 23.8 Å². The van der Waals surface area contributed by atoms with Crippen molar-refractivity contribution in [2.75, 3.05) is 0 Å². The van der Waals surface area contributed by atoms with E-state index >= 15 is 0 Å². The number of allylic oxidation sites excluding steroid dienone is 3. The van der Waals surface area contributed by atoms with E-state index in [2.05, 4.69) is 12.2 Å². The molecule has 1 aliphatic carbocycles. The van der Waals surface area contributed by atoms with E-state index in [9.17, 15) is 9.90 Å². The zero-order chi connectivity index (χ0) is 12.1. The van der Waals surface area contributed by atoms with Gasteiger partial charge in [0.2, 0.25) is 0 Å². The van der Waals surface area contributed by atoms with Crippen LogP contribution >= 0.6 is 0 Å². The first kappa shape index (κ1) is 11.6. The van der Waals surface area contributed by atoms with Crippen molar-refractivity contribution in [3.63, 3.8) is 0 Å². The minimum atomic E-state index is 0.131. The maximum Gasteiger partial charge on any atom is 0.150 e. The summed E-state index contributed by atoms with van der Waals surface area (Å²) in [6.45, 7) is 0. The van der Waals surface area contributed by atoms with E-state index in [1.54, 1.807) is 12.1 Å². The Hall–Kier alpha value is -1.83. The van der Waals surface area contributed by atoms with E-state index in [0.717, 1.165) is 24.7 Å². The predicted octanol–water partition coefficient (Wildman–Crippen LogP) is 3.72. The Bertz CT molecular complexity index is 470. The highest BCUT2D eigenvalue weighted by Crippen LogP contribution is 2.21. The molecule has 1 N–H and O–H groups in total. The van der Waals surface area contributed by atoms with Gasteiger partial charge in [-0.15, -0.1) is 0 Å². The highest BCUT2D eigenvalue weighted by atomic mass is 16.3. The Balaban J connectivity index is 2.17. The molecular formula is C15H16O2. The molecule has 1 aliphatic rings. The fraction of sp³-hybridized carbons (Fsp3) is 0.267. The molecule has 0 amide bonds. The van der Waals surface area contributed by atoms with Crippen molar-refractivity contribution in [3.05, 3.63) is 47.1 Å². The molecule has 2 nitrogen and oxygen atoms in total. The SMILES string of the molecule is O=Cc1cc(O)cc(C=CC2=CCCCC2)c1. The van der Waals surface area contributed by atoms with Crippen molar-refractivity contribution in [2.24, 2.45) is 0 Å². The molecule has 2 heteroatoms. The van der Waals surface area contributed by atoms with Crippen LogP contribution in [0, 0.1) is 0 Å². The van der Waals surface area contributed by atoms with E-state index in [1.165, 1.54) is 24.5 Å².